The van der Waals surface area contributed by atoms with Crippen molar-refractivity contribution < 1.29 is 4.74 Å². The summed E-state index contributed by atoms with van der Waals surface area (Å²) in [5.74, 6) is 3.13. The Morgan fingerprint density at radius 3 is 2.69 bits per heavy atom. The number of benzene rings is 1. The van der Waals surface area contributed by atoms with Gasteiger partial charge in [0.15, 0.2) is 0 Å². The first kappa shape index (κ1) is 19.1. The van der Waals surface area contributed by atoms with Gasteiger partial charge in [0.25, 0.3) is 0 Å². The molecular weight excluding hydrogens is 398 g/mol. The molecule has 4 atom stereocenters. The topological polar surface area (TPSA) is 57.3 Å². The second-order valence-electron chi connectivity index (χ2n) is 10.3. The fraction of sp³-hybridized carbons (Fsp3) is 0.538. The van der Waals surface area contributed by atoms with E-state index in [0.717, 1.165) is 49.6 Å². The van der Waals surface area contributed by atoms with E-state index in [1.54, 1.807) is 6.33 Å². The van der Waals surface area contributed by atoms with Gasteiger partial charge in [0, 0.05) is 43.7 Å². The number of anilines is 1. The van der Waals surface area contributed by atoms with Crippen LogP contribution in [0.25, 0.3) is 11.0 Å². The van der Waals surface area contributed by atoms with Crippen molar-refractivity contribution in [2.24, 2.45) is 11.8 Å². The molecule has 0 radical (unpaired) electrons. The van der Waals surface area contributed by atoms with Crippen molar-refractivity contribution in [1.82, 2.24) is 19.9 Å². The van der Waals surface area contributed by atoms with E-state index in [4.69, 9.17) is 9.72 Å². The zero-order valence-corrected chi connectivity index (χ0v) is 18.7. The Bertz CT molecular complexity index is 1140. The molecule has 1 saturated carbocycles. The van der Waals surface area contributed by atoms with E-state index in [2.05, 4.69) is 57.1 Å². The minimum atomic E-state index is 0.289. The summed E-state index contributed by atoms with van der Waals surface area (Å²) in [6.45, 7) is 4.20. The first-order valence-corrected chi connectivity index (χ1v) is 12.2. The second-order valence-corrected chi connectivity index (χ2v) is 10.3. The number of aromatic nitrogens is 3. The molecule has 3 aromatic rings. The molecule has 1 aromatic carbocycles. The molecule has 2 aromatic heterocycles. The number of likely N-dealkylation sites (tertiary alicyclic amines) is 1. The predicted molar refractivity (Wildman–Crippen MR) is 125 cm³/mol. The van der Waals surface area contributed by atoms with Crippen LogP contribution >= 0.6 is 0 Å². The van der Waals surface area contributed by atoms with Crippen LogP contribution in [0.2, 0.25) is 0 Å². The summed E-state index contributed by atoms with van der Waals surface area (Å²) >= 11 is 0. The molecule has 2 aliphatic heterocycles. The van der Waals surface area contributed by atoms with Crippen LogP contribution in [0.1, 0.15) is 48.0 Å². The molecule has 4 heterocycles. The van der Waals surface area contributed by atoms with Gasteiger partial charge in [-0.25, -0.2) is 9.97 Å². The van der Waals surface area contributed by atoms with Crippen molar-refractivity contribution in [3.8, 4) is 0 Å². The van der Waals surface area contributed by atoms with Gasteiger partial charge in [0.2, 0.25) is 0 Å². The van der Waals surface area contributed by atoms with Gasteiger partial charge in [-0.2, -0.15) is 0 Å². The van der Waals surface area contributed by atoms with Crippen LogP contribution < -0.4 is 4.90 Å². The highest BCUT2D eigenvalue weighted by molar-refractivity contribution is 5.88. The summed E-state index contributed by atoms with van der Waals surface area (Å²) in [6, 6.07) is 12.1. The Morgan fingerprint density at radius 2 is 1.88 bits per heavy atom. The van der Waals surface area contributed by atoms with Gasteiger partial charge in [-0.15, -0.1) is 0 Å². The summed E-state index contributed by atoms with van der Waals surface area (Å²) in [6.07, 6.45) is 6.64. The van der Waals surface area contributed by atoms with E-state index in [0.29, 0.717) is 23.8 Å². The SMILES string of the molecule is CN(c1ncnc2[nH]c(C3CC3)cc12)C1c2ccccc2CCC1N1CC2COCC2C1. The quantitative estimate of drug-likeness (QED) is 0.682. The summed E-state index contributed by atoms with van der Waals surface area (Å²) in [4.78, 5) is 18.2. The van der Waals surface area contributed by atoms with E-state index in [1.165, 1.54) is 36.1 Å². The third-order valence-electron chi connectivity index (χ3n) is 8.38. The Kier molecular flexibility index (Phi) is 4.34. The molecule has 2 aliphatic carbocycles. The van der Waals surface area contributed by atoms with Gasteiger partial charge >= 0.3 is 0 Å². The molecule has 166 valence electrons. The molecule has 3 fully saturated rings. The van der Waals surface area contributed by atoms with Crippen LogP contribution in [-0.4, -0.2) is 59.2 Å². The van der Waals surface area contributed by atoms with E-state index in [9.17, 15) is 0 Å². The number of aryl methyl sites for hydroxylation is 1. The number of H-pyrrole nitrogens is 1. The first-order chi connectivity index (χ1) is 15.8. The number of likely N-dealkylation sites (N-methyl/N-ethyl adjacent to an activating group) is 1. The van der Waals surface area contributed by atoms with Crippen molar-refractivity contribution in [1.29, 1.82) is 0 Å². The zero-order valence-electron chi connectivity index (χ0n) is 18.7. The van der Waals surface area contributed by atoms with E-state index >= 15 is 0 Å². The third-order valence-corrected chi connectivity index (χ3v) is 8.38. The fourth-order valence-electron chi connectivity index (χ4n) is 6.54. The van der Waals surface area contributed by atoms with Crippen LogP contribution in [0, 0.1) is 11.8 Å². The number of nitrogens with zero attached hydrogens (tertiary/aromatic N) is 4. The summed E-state index contributed by atoms with van der Waals surface area (Å²) in [5, 5.41) is 1.16. The van der Waals surface area contributed by atoms with Crippen LogP contribution in [-0.2, 0) is 11.2 Å². The minimum Gasteiger partial charge on any atom is -0.381 e. The monoisotopic (exact) mass is 429 g/mol. The maximum atomic E-state index is 5.76. The Balaban J connectivity index is 1.29. The average molecular weight is 430 g/mol. The lowest BCUT2D eigenvalue weighted by atomic mass is 9.82. The van der Waals surface area contributed by atoms with Gasteiger partial charge in [-0.05, 0) is 48.8 Å². The molecule has 6 nitrogen and oxygen atoms in total. The smallest absolute Gasteiger partial charge is 0.143 e. The molecular formula is C26H31N5O. The Hall–Kier alpha value is -2.44. The lowest BCUT2D eigenvalue weighted by molar-refractivity contribution is 0.124. The molecule has 4 aliphatic rings. The molecule has 6 heteroatoms. The average Bonchev–Trinajstić information content (AvgIpc) is 3.23. The van der Waals surface area contributed by atoms with E-state index in [1.807, 2.05) is 0 Å². The van der Waals surface area contributed by atoms with E-state index in [-0.39, 0.29) is 6.04 Å². The normalized spacial score (nSPS) is 29.9. The summed E-state index contributed by atoms with van der Waals surface area (Å²) in [5.41, 5.74) is 5.24. The zero-order chi connectivity index (χ0) is 21.2. The van der Waals surface area contributed by atoms with Crippen molar-refractivity contribution in [2.75, 3.05) is 38.3 Å². The second kappa shape index (κ2) is 7.29. The van der Waals surface area contributed by atoms with Gasteiger partial charge in [-0.3, -0.25) is 4.90 Å². The largest absolute Gasteiger partial charge is 0.381 e. The highest BCUT2D eigenvalue weighted by Gasteiger charge is 2.44. The maximum Gasteiger partial charge on any atom is 0.143 e. The first-order valence-electron chi connectivity index (χ1n) is 12.2. The van der Waals surface area contributed by atoms with Gasteiger partial charge in [-0.1, -0.05) is 24.3 Å². The molecule has 4 unspecified atom stereocenters. The lowest BCUT2D eigenvalue weighted by Gasteiger charge is -2.44. The standard InChI is InChI=1S/C26H31N5O/c1-30(26-21-10-22(17-6-7-17)29-25(21)27-15-28-26)24-20-5-3-2-4-16(20)8-9-23(24)31-11-18-13-32-14-19(18)12-31/h2-5,10,15,17-19,23-24H,6-9,11-14H2,1H3,(H,27,28,29). The van der Waals surface area contributed by atoms with Gasteiger partial charge < -0.3 is 14.6 Å². The predicted octanol–water partition coefficient (Wildman–Crippen LogP) is 3.91. The Morgan fingerprint density at radius 1 is 1.06 bits per heavy atom. The third kappa shape index (κ3) is 3.00. The molecule has 0 spiro atoms. The number of hydrogen-bond donors (Lipinski definition) is 1. The van der Waals surface area contributed by atoms with E-state index < -0.39 is 0 Å². The van der Waals surface area contributed by atoms with Crippen molar-refractivity contribution in [2.45, 2.75) is 43.7 Å². The van der Waals surface area contributed by atoms with Gasteiger partial charge in [0.05, 0.1) is 24.6 Å². The number of aromatic amines is 1. The highest BCUT2D eigenvalue weighted by atomic mass is 16.5. The number of nitrogens with one attached hydrogen (secondary N) is 1. The molecule has 0 amide bonds. The van der Waals surface area contributed by atoms with Crippen molar-refractivity contribution in [3.63, 3.8) is 0 Å². The highest BCUT2D eigenvalue weighted by Crippen LogP contribution is 2.44. The molecule has 1 N–H and O–H groups in total. The van der Waals surface area contributed by atoms with Crippen LogP contribution in [0.4, 0.5) is 5.82 Å². The number of ether oxygens (including phenoxy) is 1. The molecule has 7 rings (SSSR count). The summed E-state index contributed by atoms with van der Waals surface area (Å²) < 4.78 is 5.76. The minimum absolute atomic E-state index is 0.289. The lowest BCUT2D eigenvalue weighted by Crippen LogP contribution is -2.47. The number of fused-ring (bicyclic) bond motifs is 3. The fourth-order valence-corrected chi connectivity index (χ4v) is 6.54. The summed E-state index contributed by atoms with van der Waals surface area (Å²) in [7, 11) is 2.24. The van der Waals surface area contributed by atoms with Crippen LogP contribution in [0.3, 0.4) is 0 Å². The van der Waals surface area contributed by atoms with Crippen molar-refractivity contribution >= 4 is 16.9 Å². The van der Waals surface area contributed by atoms with Gasteiger partial charge in [0.1, 0.15) is 17.8 Å². The number of hydrogen-bond acceptors (Lipinski definition) is 5. The molecule has 2 saturated heterocycles. The van der Waals surface area contributed by atoms with Crippen molar-refractivity contribution in [3.05, 3.63) is 53.5 Å². The van der Waals surface area contributed by atoms with Crippen LogP contribution in [0.5, 0.6) is 0 Å². The maximum absolute atomic E-state index is 5.76. The molecule has 0 bridgehead atoms. The molecule has 32 heavy (non-hydrogen) atoms. The van der Waals surface area contributed by atoms with Crippen LogP contribution in [0.15, 0.2) is 36.7 Å². The number of rotatable bonds is 4. The Labute approximate surface area is 189 Å².